The van der Waals surface area contributed by atoms with Crippen LogP contribution in [-0.4, -0.2) is 32.1 Å². The maximum Gasteiger partial charge on any atom is 0.303 e. The minimum absolute atomic E-state index is 0.0668. The summed E-state index contributed by atoms with van der Waals surface area (Å²) in [7, 11) is 0. The standard InChI is InChI=1S/C34H26N2O4S3/c37-31(38)9-3-23-17-29(21-1-5-25-19(15-21)11-13-35-25)42-33(23)27-7-8-28(41-27)34-24(4-10-32(39)40)18-30(43-34)22-2-6-26-20(16-22)12-14-36-26/h1-2,5-8,11-18,35-36H,3-4,9-10H2,(H,37,38)(H,39,40). The Hall–Kier alpha value is -4.44. The Balaban J connectivity index is 1.27. The van der Waals surface area contributed by atoms with Gasteiger partial charge in [0.05, 0.1) is 0 Å². The quantitative estimate of drug-likeness (QED) is 0.122. The molecule has 214 valence electrons. The highest BCUT2D eigenvalue weighted by Gasteiger charge is 2.19. The molecule has 0 saturated heterocycles. The van der Waals surface area contributed by atoms with Gasteiger partial charge < -0.3 is 20.2 Å². The summed E-state index contributed by atoms with van der Waals surface area (Å²) in [5, 5.41) is 21.1. The summed E-state index contributed by atoms with van der Waals surface area (Å²) in [6.07, 6.45) is 4.90. The number of nitrogens with one attached hydrogen (secondary N) is 2. The van der Waals surface area contributed by atoms with Crippen molar-refractivity contribution in [2.75, 3.05) is 0 Å². The molecule has 0 fully saturated rings. The molecule has 0 aliphatic rings. The SMILES string of the molecule is O=C(O)CCc1cc(-c2ccc3[nH]ccc3c2)sc1-c1ccc(-c2sc(-c3ccc4[nH]ccc4c3)cc2CCC(=O)O)s1. The minimum Gasteiger partial charge on any atom is -0.481 e. The Bertz CT molecular complexity index is 1970. The van der Waals surface area contributed by atoms with Crippen LogP contribution in [0.5, 0.6) is 0 Å². The number of aryl methyl sites for hydroxylation is 2. The molecule has 0 saturated carbocycles. The van der Waals surface area contributed by atoms with Gasteiger partial charge in [-0.1, -0.05) is 12.1 Å². The Kier molecular flexibility index (Phi) is 7.22. The predicted octanol–water partition coefficient (Wildman–Crippen LogP) is 9.54. The third-order valence-electron chi connectivity index (χ3n) is 7.56. The molecular weight excluding hydrogens is 597 g/mol. The summed E-state index contributed by atoms with van der Waals surface area (Å²) in [6, 6.07) is 25.3. The van der Waals surface area contributed by atoms with Crippen LogP contribution in [0.4, 0.5) is 0 Å². The molecule has 5 heterocycles. The maximum absolute atomic E-state index is 11.5. The molecule has 7 aromatic rings. The molecule has 7 rings (SSSR count). The molecule has 0 aliphatic heterocycles. The zero-order valence-electron chi connectivity index (χ0n) is 22.8. The van der Waals surface area contributed by atoms with Crippen molar-refractivity contribution in [1.82, 2.24) is 9.97 Å². The topological polar surface area (TPSA) is 106 Å². The number of H-pyrrole nitrogens is 2. The van der Waals surface area contributed by atoms with E-state index in [1.165, 1.54) is 0 Å². The van der Waals surface area contributed by atoms with Crippen molar-refractivity contribution in [1.29, 1.82) is 0 Å². The summed E-state index contributed by atoms with van der Waals surface area (Å²) >= 11 is 5.06. The number of aromatic nitrogens is 2. The molecule has 2 aromatic carbocycles. The van der Waals surface area contributed by atoms with Gasteiger partial charge in [0, 0.05) is 65.5 Å². The average molecular weight is 623 g/mol. The highest BCUT2D eigenvalue weighted by atomic mass is 32.1. The zero-order valence-corrected chi connectivity index (χ0v) is 25.3. The summed E-state index contributed by atoms with van der Waals surface area (Å²) in [5.74, 6) is -1.63. The normalized spacial score (nSPS) is 11.5. The van der Waals surface area contributed by atoms with E-state index < -0.39 is 11.9 Å². The Morgan fingerprint density at radius 2 is 1.02 bits per heavy atom. The molecule has 43 heavy (non-hydrogen) atoms. The van der Waals surface area contributed by atoms with Gasteiger partial charge in [-0.05, 0) is 107 Å². The number of rotatable bonds is 10. The van der Waals surface area contributed by atoms with E-state index in [-0.39, 0.29) is 12.8 Å². The zero-order chi connectivity index (χ0) is 29.5. The monoisotopic (exact) mass is 622 g/mol. The van der Waals surface area contributed by atoms with Crippen molar-refractivity contribution in [2.24, 2.45) is 0 Å². The predicted molar refractivity (Wildman–Crippen MR) is 177 cm³/mol. The molecule has 6 nitrogen and oxygen atoms in total. The van der Waals surface area contributed by atoms with Crippen LogP contribution in [0, 0.1) is 0 Å². The number of aliphatic carboxylic acids is 2. The fourth-order valence-corrected chi connectivity index (χ4v) is 9.12. The first kappa shape index (κ1) is 27.4. The first-order valence-corrected chi connectivity index (χ1v) is 16.3. The Labute approximate surface area is 258 Å². The van der Waals surface area contributed by atoms with Crippen molar-refractivity contribution >= 4 is 67.8 Å². The van der Waals surface area contributed by atoms with Crippen LogP contribution in [0.2, 0.25) is 0 Å². The molecule has 4 N–H and O–H groups in total. The molecular formula is C34H26N2O4S3. The van der Waals surface area contributed by atoms with Crippen molar-refractivity contribution in [3.05, 3.63) is 96.3 Å². The molecule has 0 aliphatic carbocycles. The van der Waals surface area contributed by atoms with Gasteiger partial charge in [-0.2, -0.15) is 0 Å². The second-order valence-electron chi connectivity index (χ2n) is 10.4. The van der Waals surface area contributed by atoms with Gasteiger partial charge in [0.1, 0.15) is 0 Å². The second-order valence-corrected chi connectivity index (χ2v) is 13.6. The van der Waals surface area contributed by atoms with E-state index in [0.717, 1.165) is 73.3 Å². The molecule has 5 aromatic heterocycles. The van der Waals surface area contributed by atoms with Crippen LogP contribution >= 0.6 is 34.0 Å². The molecule has 9 heteroatoms. The van der Waals surface area contributed by atoms with Crippen LogP contribution in [0.15, 0.2) is 85.2 Å². The number of hydrogen-bond donors (Lipinski definition) is 4. The fraction of sp³-hybridized carbons (Fsp3) is 0.118. The second kappa shape index (κ2) is 11.3. The van der Waals surface area contributed by atoms with E-state index in [2.05, 4.69) is 82.8 Å². The summed E-state index contributed by atoms with van der Waals surface area (Å²) in [6.45, 7) is 0. The third kappa shape index (κ3) is 5.54. The summed E-state index contributed by atoms with van der Waals surface area (Å²) in [4.78, 5) is 36.0. The van der Waals surface area contributed by atoms with Gasteiger partial charge in [-0.25, -0.2) is 0 Å². The Morgan fingerprint density at radius 1 is 0.558 bits per heavy atom. The smallest absolute Gasteiger partial charge is 0.303 e. The number of thiophene rings is 3. The first-order valence-electron chi connectivity index (χ1n) is 13.9. The number of hydrogen-bond acceptors (Lipinski definition) is 5. The van der Waals surface area contributed by atoms with E-state index >= 15 is 0 Å². The number of carboxylic acids is 2. The largest absolute Gasteiger partial charge is 0.481 e. The average Bonchev–Trinajstić information content (AvgIpc) is 3.82. The number of carbonyl (C=O) groups is 2. The van der Waals surface area contributed by atoms with E-state index in [0.29, 0.717) is 12.8 Å². The van der Waals surface area contributed by atoms with Crippen LogP contribution in [0.25, 0.3) is 62.2 Å². The summed E-state index contributed by atoms with van der Waals surface area (Å²) < 4.78 is 0. The van der Waals surface area contributed by atoms with Crippen LogP contribution in [0.3, 0.4) is 0 Å². The Morgan fingerprint density at radius 3 is 1.47 bits per heavy atom. The molecule has 0 radical (unpaired) electrons. The third-order valence-corrected chi connectivity index (χ3v) is 11.5. The van der Waals surface area contributed by atoms with Crippen molar-refractivity contribution < 1.29 is 19.8 Å². The summed E-state index contributed by atoms with van der Waals surface area (Å²) in [5.41, 5.74) is 6.43. The van der Waals surface area contributed by atoms with Gasteiger partial charge in [0.15, 0.2) is 0 Å². The van der Waals surface area contributed by atoms with E-state index in [4.69, 9.17) is 0 Å². The molecule has 0 bridgehead atoms. The molecule has 0 amide bonds. The molecule has 0 spiro atoms. The highest BCUT2D eigenvalue weighted by molar-refractivity contribution is 7.28. The number of carboxylic acid groups (broad SMARTS) is 2. The van der Waals surface area contributed by atoms with E-state index in [1.54, 1.807) is 34.0 Å². The lowest BCUT2D eigenvalue weighted by molar-refractivity contribution is -0.138. The van der Waals surface area contributed by atoms with E-state index in [9.17, 15) is 19.8 Å². The number of benzene rings is 2. The van der Waals surface area contributed by atoms with Crippen LogP contribution < -0.4 is 0 Å². The van der Waals surface area contributed by atoms with Crippen molar-refractivity contribution in [3.8, 4) is 40.4 Å². The van der Waals surface area contributed by atoms with Crippen molar-refractivity contribution in [3.63, 3.8) is 0 Å². The van der Waals surface area contributed by atoms with Crippen LogP contribution in [0.1, 0.15) is 24.0 Å². The van der Waals surface area contributed by atoms with E-state index in [1.807, 2.05) is 12.4 Å². The van der Waals surface area contributed by atoms with Gasteiger partial charge in [-0.3, -0.25) is 9.59 Å². The van der Waals surface area contributed by atoms with Gasteiger partial charge in [0.25, 0.3) is 0 Å². The highest BCUT2D eigenvalue weighted by Crippen LogP contribution is 2.47. The van der Waals surface area contributed by atoms with Crippen LogP contribution in [-0.2, 0) is 22.4 Å². The molecule has 0 atom stereocenters. The lowest BCUT2D eigenvalue weighted by atomic mass is 10.1. The molecule has 0 unspecified atom stereocenters. The van der Waals surface area contributed by atoms with Gasteiger partial charge in [-0.15, -0.1) is 34.0 Å². The van der Waals surface area contributed by atoms with Gasteiger partial charge in [0.2, 0.25) is 0 Å². The first-order chi connectivity index (χ1) is 20.9. The lowest BCUT2D eigenvalue weighted by Gasteiger charge is -2.01. The fourth-order valence-electron chi connectivity index (χ4n) is 5.41. The van der Waals surface area contributed by atoms with Crippen molar-refractivity contribution in [2.45, 2.75) is 25.7 Å². The number of aromatic amines is 2. The lowest BCUT2D eigenvalue weighted by Crippen LogP contribution is -1.97. The number of fused-ring (bicyclic) bond motifs is 2. The van der Waals surface area contributed by atoms with Gasteiger partial charge >= 0.3 is 11.9 Å². The minimum atomic E-state index is -0.814. The maximum atomic E-state index is 11.5.